The third-order valence-electron chi connectivity index (χ3n) is 2.65. The molecule has 5 heteroatoms. The van der Waals surface area contributed by atoms with Gasteiger partial charge >= 0.3 is 0 Å². The fraction of sp³-hybridized carbons (Fsp3) is 0.0769. The smallest absolute Gasteiger partial charge is 0.164 e. The zero-order valence-corrected chi connectivity index (χ0v) is 11.3. The second-order valence-electron chi connectivity index (χ2n) is 3.74. The van der Waals surface area contributed by atoms with E-state index in [0.29, 0.717) is 0 Å². The zero-order valence-electron chi connectivity index (χ0n) is 9.70. The van der Waals surface area contributed by atoms with E-state index in [0.717, 1.165) is 21.2 Å². The zero-order chi connectivity index (χ0) is 12.5. The molecular formula is C13H11NO2S2. The van der Waals surface area contributed by atoms with Gasteiger partial charge in [-0.15, -0.1) is 0 Å². The summed E-state index contributed by atoms with van der Waals surface area (Å²) in [7, 11) is 0.493. The molecule has 1 aliphatic rings. The van der Waals surface area contributed by atoms with E-state index in [1.165, 1.54) is 11.9 Å². The summed E-state index contributed by atoms with van der Waals surface area (Å²) in [5.41, 5.74) is 0.912. The fourth-order valence-electron chi connectivity index (χ4n) is 1.73. The van der Waals surface area contributed by atoms with Crippen LogP contribution in [0.4, 0.5) is 5.69 Å². The minimum Gasteiger partial charge on any atom is -0.497 e. The van der Waals surface area contributed by atoms with E-state index < -0.39 is 11.0 Å². The van der Waals surface area contributed by atoms with Gasteiger partial charge in [0.15, 0.2) is 11.0 Å². The predicted molar refractivity (Wildman–Crippen MR) is 74.2 cm³/mol. The molecule has 0 amide bonds. The van der Waals surface area contributed by atoms with Crippen LogP contribution in [0.2, 0.25) is 0 Å². The second-order valence-corrected chi connectivity index (χ2v) is 6.26. The molecule has 0 aromatic heterocycles. The highest BCUT2D eigenvalue weighted by molar-refractivity contribution is 8.14. The molecule has 2 aromatic carbocycles. The minimum atomic E-state index is -1.14. The van der Waals surface area contributed by atoms with Crippen LogP contribution in [-0.2, 0) is 11.0 Å². The van der Waals surface area contributed by atoms with Crippen LogP contribution < -0.4 is 8.45 Å². The summed E-state index contributed by atoms with van der Waals surface area (Å²) in [5.74, 6) is 0.797. The molecule has 1 aliphatic heterocycles. The van der Waals surface area contributed by atoms with Crippen LogP contribution in [0.15, 0.2) is 58.3 Å². The maximum absolute atomic E-state index is 12.3. The first-order valence-electron chi connectivity index (χ1n) is 5.42. The number of anilines is 1. The summed E-state index contributed by atoms with van der Waals surface area (Å²) in [4.78, 5) is 1.92. The van der Waals surface area contributed by atoms with Gasteiger partial charge in [-0.05, 0) is 36.4 Å². The normalized spacial score (nSPS) is 17.6. The van der Waals surface area contributed by atoms with Crippen molar-refractivity contribution in [2.75, 3.05) is 10.8 Å². The Balaban J connectivity index is 1.93. The van der Waals surface area contributed by atoms with Crippen LogP contribution in [0.5, 0.6) is 5.75 Å². The van der Waals surface area contributed by atoms with Crippen molar-refractivity contribution in [3.8, 4) is 5.75 Å². The lowest BCUT2D eigenvalue weighted by Crippen LogP contribution is -2.11. The molecule has 0 aliphatic carbocycles. The van der Waals surface area contributed by atoms with Crippen molar-refractivity contribution in [3.05, 3.63) is 48.5 Å². The number of ether oxygens (including phenoxy) is 1. The standard InChI is InChI=1S/C13H11NO2S2/c1-16-11-8-6-10(7-9-11)14-17-12-4-2-3-5-13(12)18(14)15/h2-9H,1H3. The largest absolute Gasteiger partial charge is 0.497 e. The van der Waals surface area contributed by atoms with Gasteiger partial charge in [-0.25, -0.2) is 7.92 Å². The van der Waals surface area contributed by atoms with Crippen LogP contribution in [0.25, 0.3) is 0 Å². The van der Waals surface area contributed by atoms with Crippen molar-refractivity contribution in [2.24, 2.45) is 0 Å². The lowest BCUT2D eigenvalue weighted by molar-refractivity contribution is 0.415. The highest BCUT2D eigenvalue weighted by atomic mass is 32.2. The van der Waals surface area contributed by atoms with E-state index in [9.17, 15) is 4.21 Å². The highest BCUT2D eigenvalue weighted by Gasteiger charge is 2.28. The summed E-state index contributed by atoms with van der Waals surface area (Å²) in [6.07, 6.45) is 0. The van der Waals surface area contributed by atoms with E-state index in [1.54, 1.807) is 7.11 Å². The number of methoxy groups -OCH3 is 1. The van der Waals surface area contributed by atoms with Crippen molar-refractivity contribution in [3.63, 3.8) is 0 Å². The number of fused-ring (bicyclic) bond motifs is 1. The first kappa shape index (κ1) is 11.6. The molecule has 3 nitrogen and oxygen atoms in total. The van der Waals surface area contributed by atoms with Crippen LogP contribution >= 0.6 is 11.9 Å². The third kappa shape index (κ3) is 1.89. The Morgan fingerprint density at radius 2 is 1.83 bits per heavy atom. The molecule has 92 valence electrons. The van der Waals surface area contributed by atoms with Crippen molar-refractivity contribution in [2.45, 2.75) is 9.79 Å². The monoisotopic (exact) mass is 277 g/mol. The van der Waals surface area contributed by atoms with Crippen LogP contribution in [0.3, 0.4) is 0 Å². The van der Waals surface area contributed by atoms with E-state index >= 15 is 0 Å². The van der Waals surface area contributed by atoms with Crippen molar-refractivity contribution >= 4 is 28.6 Å². The maximum atomic E-state index is 12.3. The van der Waals surface area contributed by atoms with Gasteiger partial charge in [-0.2, -0.15) is 0 Å². The Labute approximate surface area is 112 Å². The summed E-state index contributed by atoms with van der Waals surface area (Å²) in [6.45, 7) is 0. The maximum Gasteiger partial charge on any atom is 0.164 e. The lowest BCUT2D eigenvalue weighted by Gasteiger charge is -2.14. The molecule has 0 saturated heterocycles. The van der Waals surface area contributed by atoms with Crippen molar-refractivity contribution < 1.29 is 8.95 Å². The van der Waals surface area contributed by atoms with Gasteiger partial charge in [0.1, 0.15) is 5.75 Å². The first-order valence-corrected chi connectivity index (χ1v) is 7.30. The summed E-state index contributed by atoms with van der Waals surface area (Å²) in [6, 6.07) is 15.3. The van der Waals surface area contributed by atoms with Crippen LogP contribution in [-0.4, -0.2) is 11.3 Å². The molecule has 0 bridgehead atoms. The number of benzene rings is 2. The quantitative estimate of drug-likeness (QED) is 0.789. The Bertz CT molecular complexity index is 598. The molecule has 0 N–H and O–H groups in total. The molecule has 1 unspecified atom stereocenters. The molecule has 0 spiro atoms. The van der Waals surface area contributed by atoms with Gasteiger partial charge in [-0.1, -0.05) is 12.1 Å². The van der Waals surface area contributed by atoms with Crippen LogP contribution in [0, 0.1) is 0 Å². The molecule has 0 saturated carbocycles. The number of hydrogen-bond donors (Lipinski definition) is 0. The molecule has 0 fully saturated rings. The van der Waals surface area contributed by atoms with Crippen molar-refractivity contribution in [1.29, 1.82) is 0 Å². The molecular weight excluding hydrogens is 266 g/mol. The number of rotatable bonds is 2. The molecule has 18 heavy (non-hydrogen) atoms. The minimum absolute atomic E-state index is 0.797. The average molecular weight is 277 g/mol. The van der Waals surface area contributed by atoms with Gasteiger partial charge in [0.2, 0.25) is 0 Å². The van der Waals surface area contributed by atoms with Gasteiger partial charge in [0.05, 0.1) is 17.7 Å². The van der Waals surface area contributed by atoms with Crippen LogP contribution in [0.1, 0.15) is 0 Å². The first-order chi connectivity index (χ1) is 8.79. The number of nitrogens with zero attached hydrogens (tertiary/aromatic N) is 1. The lowest BCUT2D eigenvalue weighted by atomic mass is 10.3. The molecule has 1 heterocycles. The average Bonchev–Trinajstić information content (AvgIpc) is 2.77. The Hall–Kier alpha value is -1.46. The second kappa shape index (κ2) is 4.66. The molecule has 3 rings (SSSR count). The molecule has 2 aromatic rings. The summed E-state index contributed by atoms with van der Waals surface area (Å²) in [5, 5.41) is 0. The predicted octanol–water partition coefficient (Wildman–Crippen LogP) is 3.25. The van der Waals surface area contributed by atoms with E-state index in [1.807, 2.05) is 52.2 Å². The topological polar surface area (TPSA) is 29.5 Å². The Morgan fingerprint density at radius 1 is 1.11 bits per heavy atom. The molecule has 1 atom stereocenters. The SMILES string of the molecule is COc1ccc(N2Sc3ccccc3S2=O)cc1. The Kier molecular flexibility index (Phi) is 3.01. The van der Waals surface area contributed by atoms with Gasteiger partial charge in [-0.3, -0.25) is 0 Å². The highest BCUT2D eigenvalue weighted by Crippen LogP contribution is 2.42. The number of hydrogen-bond acceptors (Lipinski definition) is 3. The fourth-order valence-corrected chi connectivity index (χ4v) is 4.44. The van der Waals surface area contributed by atoms with E-state index in [-0.39, 0.29) is 0 Å². The van der Waals surface area contributed by atoms with Gasteiger partial charge < -0.3 is 4.74 Å². The van der Waals surface area contributed by atoms with E-state index in [2.05, 4.69) is 0 Å². The van der Waals surface area contributed by atoms with Crippen molar-refractivity contribution in [1.82, 2.24) is 0 Å². The van der Waals surface area contributed by atoms with Gasteiger partial charge in [0, 0.05) is 16.8 Å². The summed E-state index contributed by atoms with van der Waals surface area (Å²) < 4.78 is 19.3. The van der Waals surface area contributed by atoms with Gasteiger partial charge in [0.25, 0.3) is 0 Å². The summed E-state index contributed by atoms with van der Waals surface area (Å²) >= 11 is 1.50. The van der Waals surface area contributed by atoms with E-state index in [4.69, 9.17) is 4.74 Å². The molecule has 0 radical (unpaired) electrons. The third-order valence-corrected chi connectivity index (χ3v) is 5.59. The Morgan fingerprint density at radius 3 is 2.50 bits per heavy atom.